The summed E-state index contributed by atoms with van der Waals surface area (Å²) in [4.78, 5) is 26.9. The van der Waals surface area contributed by atoms with Crippen LogP contribution >= 0.6 is 0 Å². The van der Waals surface area contributed by atoms with Gasteiger partial charge >= 0.3 is 0 Å². The molecular formula is C22H26N2O3. The summed E-state index contributed by atoms with van der Waals surface area (Å²) in [6.45, 7) is 4.17. The number of nitrogens with zero attached hydrogens (tertiary/aromatic N) is 1. The number of para-hydroxylation sites is 1. The average Bonchev–Trinajstić information content (AvgIpc) is 2.71. The zero-order valence-electron chi connectivity index (χ0n) is 15.9. The molecule has 0 saturated carbocycles. The molecule has 1 N–H and O–H groups in total. The number of likely N-dealkylation sites (tertiary alicyclic amines) is 1. The quantitative estimate of drug-likeness (QED) is 0.881. The average molecular weight is 366 g/mol. The molecule has 0 aromatic heterocycles. The van der Waals surface area contributed by atoms with Crippen LogP contribution in [0.5, 0.6) is 5.75 Å². The van der Waals surface area contributed by atoms with E-state index in [2.05, 4.69) is 12.2 Å². The second kappa shape index (κ2) is 8.71. The van der Waals surface area contributed by atoms with Crippen molar-refractivity contribution < 1.29 is 14.3 Å². The van der Waals surface area contributed by atoms with Gasteiger partial charge in [-0.25, -0.2) is 0 Å². The number of methoxy groups -OCH3 is 1. The van der Waals surface area contributed by atoms with Crippen LogP contribution in [0.3, 0.4) is 0 Å². The van der Waals surface area contributed by atoms with Gasteiger partial charge in [0.15, 0.2) is 0 Å². The van der Waals surface area contributed by atoms with E-state index in [1.54, 1.807) is 31.4 Å². The molecule has 0 radical (unpaired) electrons. The van der Waals surface area contributed by atoms with Gasteiger partial charge < -0.3 is 15.0 Å². The number of hydrogen-bond acceptors (Lipinski definition) is 3. The van der Waals surface area contributed by atoms with E-state index in [0.29, 0.717) is 23.6 Å². The Kier molecular flexibility index (Phi) is 6.12. The third-order valence-corrected chi connectivity index (χ3v) is 4.97. The molecule has 1 fully saturated rings. The van der Waals surface area contributed by atoms with Crippen LogP contribution in [-0.4, -0.2) is 36.9 Å². The van der Waals surface area contributed by atoms with E-state index in [-0.39, 0.29) is 11.8 Å². The van der Waals surface area contributed by atoms with Crippen LogP contribution in [0.15, 0.2) is 48.5 Å². The minimum absolute atomic E-state index is 0.0440. The number of benzene rings is 2. The van der Waals surface area contributed by atoms with E-state index in [0.717, 1.165) is 30.8 Å². The summed E-state index contributed by atoms with van der Waals surface area (Å²) in [6, 6.07) is 14.5. The van der Waals surface area contributed by atoms with Crippen molar-refractivity contribution >= 4 is 11.8 Å². The highest BCUT2D eigenvalue weighted by molar-refractivity contribution is 5.97. The lowest BCUT2D eigenvalue weighted by atomic mass is 9.99. The highest BCUT2D eigenvalue weighted by atomic mass is 16.5. The Morgan fingerprint density at radius 1 is 1.11 bits per heavy atom. The van der Waals surface area contributed by atoms with Gasteiger partial charge in [-0.05, 0) is 49.1 Å². The van der Waals surface area contributed by atoms with Crippen molar-refractivity contribution in [3.8, 4) is 5.75 Å². The Bertz CT molecular complexity index is 801. The number of nitrogens with one attached hydrogen (secondary N) is 1. The van der Waals surface area contributed by atoms with Crippen molar-refractivity contribution in [2.45, 2.75) is 26.3 Å². The van der Waals surface area contributed by atoms with Crippen molar-refractivity contribution in [3.63, 3.8) is 0 Å². The maximum Gasteiger partial charge on any atom is 0.253 e. The Labute approximate surface area is 160 Å². The minimum Gasteiger partial charge on any atom is -0.496 e. The molecule has 5 nitrogen and oxygen atoms in total. The Morgan fingerprint density at radius 2 is 1.81 bits per heavy atom. The van der Waals surface area contributed by atoms with Crippen molar-refractivity contribution in [3.05, 3.63) is 65.2 Å². The molecule has 5 heteroatoms. The standard InChI is InChI=1S/C22H26N2O3/c1-16-6-5-13-24(15-16)22(26)18-11-9-17(10-12-18)21(25)23-14-19-7-3-4-8-20(19)27-2/h3-4,7-12,16H,5-6,13-15H2,1-2H3,(H,23,25). The predicted molar refractivity (Wildman–Crippen MR) is 105 cm³/mol. The van der Waals surface area contributed by atoms with E-state index in [1.807, 2.05) is 29.2 Å². The molecule has 1 aliphatic rings. The molecule has 2 aromatic rings. The molecule has 1 saturated heterocycles. The van der Waals surface area contributed by atoms with E-state index >= 15 is 0 Å². The van der Waals surface area contributed by atoms with Gasteiger partial charge in [0, 0.05) is 36.3 Å². The fourth-order valence-corrected chi connectivity index (χ4v) is 3.45. The second-order valence-electron chi connectivity index (χ2n) is 7.07. The van der Waals surface area contributed by atoms with Gasteiger partial charge in [0.25, 0.3) is 11.8 Å². The molecule has 2 amide bonds. The number of carbonyl (C=O) groups excluding carboxylic acids is 2. The first-order chi connectivity index (χ1) is 13.1. The summed E-state index contributed by atoms with van der Waals surface area (Å²) in [5.74, 6) is 1.16. The van der Waals surface area contributed by atoms with Crippen LogP contribution in [0.2, 0.25) is 0 Å². The largest absolute Gasteiger partial charge is 0.496 e. The third kappa shape index (κ3) is 4.67. The molecule has 27 heavy (non-hydrogen) atoms. The van der Waals surface area contributed by atoms with Gasteiger partial charge in [0.2, 0.25) is 0 Å². The van der Waals surface area contributed by atoms with Crippen molar-refractivity contribution in [2.75, 3.05) is 20.2 Å². The summed E-state index contributed by atoms with van der Waals surface area (Å²) in [5, 5.41) is 2.89. The Balaban J connectivity index is 1.61. The second-order valence-corrected chi connectivity index (χ2v) is 7.07. The molecule has 0 spiro atoms. The summed E-state index contributed by atoms with van der Waals surface area (Å²) in [7, 11) is 1.61. The number of ether oxygens (including phenoxy) is 1. The number of piperidine rings is 1. The number of carbonyl (C=O) groups is 2. The van der Waals surface area contributed by atoms with E-state index in [9.17, 15) is 9.59 Å². The molecule has 1 aliphatic heterocycles. The highest BCUT2D eigenvalue weighted by Crippen LogP contribution is 2.19. The van der Waals surface area contributed by atoms with Gasteiger partial charge in [-0.1, -0.05) is 25.1 Å². The van der Waals surface area contributed by atoms with Gasteiger partial charge in [-0.3, -0.25) is 9.59 Å². The minimum atomic E-state index is -0.175. The molecule has 0 aliphatic carbocycles. The third-order valence-electron chi connectivity index (χ3n) is 4.97. The first kappa shape index (κ1) is 19.0. The molecule has 2 aromatic carbocycles. The van der Waals surface area contributed by atoms with Gasteiger partial charge in [0.05, 0.1) is 7.11 Å². The maximum atomic E-state index is 12.6. The summed E-state index contributed by atoms with van der Waals surface area (Å²) in [5.41, 5.74) is 2.08. The molecule has 3 rings (SSSR count). The van der Waals surface area contributed by atoms with Crippen molar-refractivity contribution in [1.82, 2.24) is 10.2 Å². The van der Waals surface area contributed by atoms with E-state index in [4.69, 9.17) is 4.74 Å². The lowest BCUT2D eigenvalue weighted by Crippen LogP contribution is -2.39. The number of amides is 2. The topological polar surface area (TPSA) is 58.6 Å². The summed E-state index contributed by atoms with van der Waals surface area (Å²) >= 11 is 0. The Morgan fingerprint density at radius 3 is 2.52 bits per heavy atom. The van der Waals surface area contributed by atoms with Crippen LogP contribution in [0.1, 0.15) is 46.0 Å². The van der Waals surface area contributed by atoms with Crippen LogP contribution in [-0.2, 0) is 6.54 Å². The van der Waals surface area contributed by atoms with Crippen molar-refractivity contribution in [1.29, 1.82) is 0 Å². The maximum absolute atomic E-state index is 12.6. The molecule has 1 unspecified atom stereocenters. The zero-order chi connectivity index (χ0) is 19.2. The van der Waals surface area contributed by atoms with Gasteiger partial charge in [0.1, 0.15) is 5.75 Å². The molecule has 0 bridgehead atoms. The molecular weight excluding hydrogens is 340 g/mol. The van der Waals surface area contributed by atoms with Crippen LogP contribution in [0.25, 0.3) is 0 Å². The fourth-order valence-electron chi connectivity index (χ4n) is 3.45. The van der Waals surface area contributed by atoms with Gasteiger partial charge in [-0.15, -0.1) is 0 Å². The first-order valence-electron chi connectivity index (χ1n) is 9.38. The smallest absolute Gasteiger partial charge is 0.253 e. The molecule has 142 valence electrons. The molecule has 1 heterocycles. The molecule has 1 atom stereocenters. The highest BCUT2D eigenvalue weighted by Gasteiger charge is 2.22. The summed E-state index contributed by atoms with van der Waals surface area (Å²) < 4.78 is 5.30. The van der Waals surface area contributed by atoms with Crippen LogP contribution < -0.4 is 10.1 Å². The van der Waals surface area contributed by atoms with Crippen LogP contribution in [0.4, 0.5) is 0 Å². The van der Waals surface area contributed by atoms with Crippen LogP contribution in [0, 0.1) is 5.92 Å². The summed E-state index contributed by atoms with van der Waals surface area (Å²) in [6.07, 6.45) is 2.23. The van der Waals surface area contributed by atoms with Crippen molar-refractivity contribution in [2.24, 2.45) is 5.92 Å². The SMILES string of the molecule is COc1ccccc1CNC(=O)c1ccc(C(=O)N2CCCC(C)C2)cc1. The lowest BCUT2D eigenvalue weighted by molar-refractivity contribution is 0.0682. The van der Waals surface area contributed by atoms with Gasteiger partial charge in [-0.2, -0.15) is 0 Å². The fraction of sp³-hybridized carbons (Fsp3) is 0.364. The Hall–Kier alpha value is -2.82. The monoisotopic (exact) mass is 366 g/mol. The van der Waals surface area contributed by atoms with E-state index < -0.39 is 0 Å². The zero-order valence-corrected chi connectivity index (χ0v) is 15.9. The normalized spacial score (nSPS) is 16.7. The first-order valence-corrected chi connectivity index (χ1v) is 9.38. The lowest BCUT2D eigenvalue weighted by Gasteiger charge is -2.31. The predicted octanol–water partition coefficient (Wildman–Crippen LogP) is 3.50. The number of hydrogen-bond donors (Lipinski definition) is 1. The number of rotatable bonds is 5. The van der Waals surface area contributed by atoms with E-state index in [1.165, 1.54) is 6.42 Å².